The molecule has 134 valence electrons. The van der Waals surface area contributed by atoms with Gasteiger partial charge in [-0.3, -0.25) is 0 Å². The molecule has 1 aromatic heterocycles. The van der Waals surface area contributed by atoms with Gasteiger partial charge in [-0.15, -0.1) is 11.8 Å². The molecule has 25 heavy (non-hydrogen) atoms. The van der Waals surface area contributed by atoms with Crippen molar-refractivity contribution in [2.24, 2.45) is 0 Å². The van der Waals surface area contributed by atoms with Crippen LogP contribution in [0.15, 0.2) is 35.2 Å². The van der Waals surface area contributed by atoms with Crippen molar-refractivity contribution >= 4 is 29.2 Å². The molecule has 6 heteroatoms. The van der Waals surface area contributed by atoms with E-state index in [-0.39, 0.29) is 0 Å². The first kappa shape index (κ1) is 18.0. The Labute approximate surface area is 154 Å². The van der Waals surface area contributed by atoms with Crippen LogP contribution in [0.5, 0.6) is 0 Å². The summed E-state index contributed by atoms with van der Waals surface area (Å²) >= 11 is 1.74. The molecule has 3 rings (SSSR count). The maximum atomic E-state index is 4.72. The molecule has 1 aromatic carbocycles. The fourth-order valence-electron chi connectivity index (χ4n) is 2.68. The highest BCUT2D eigenvalue weighted by molar-refractivity contribution is 7.98. The summed E-state index contributed by atoms with van der Waals surface area (Å²) < 4.78 is 0. The van der Waals surface area contributed by atoms with Crippen LogP contribution in [-0.4, -0.2) is 48.3 Å². The van der Waals surface area contributed by atoms with Crippen molar-refractivity contribution in [2.45, 2.75) is 30.1 Å². The van der Waals surface area contributed by atoms with Gasteiger partial charge in [0.15, 0.2) is 0 Å². The minimum atomic E-state index is 0.599. The van der Waals surface area contributed by atoms with E-state index in [0.29, 0.717) is 5.92 Å². The van der Waals surface area contributed by atoms with Gasteiger partial charge in [-0.05, 0) is 58.3 Å². The van der Waals surface area contributed by atoms with Gasteiger partial charge < -0.3 is 15.5 Å². The fraction of sp³-hybridized carbons (Fsp3) is 0.474. The van der Waals surface area contributed by atoms with E-state index >= 15 is 0 Å². The predicted octanol–water partition coefficient (Wildman–Crippen LogP) is 4.18. The van der Waals surface area contributed by atoms with Crippen LogP contribution in [0.1, 0.15) is 30.9 Å². The van der Waals surface area contributed by atoms with E-state index < -0.39 is 0 Å². The first-order chi connectivity index (χ1) is 12.2. The van der Waals surface area contributed by atoms with E-state index in [9.17, 15) is 0 Å². The predicted molar refractivity (Wildman–Crippen MR) is 107 cm³/mol. The van der Waals surface area contributed by atoms with Crippen LogP contribution in [-0.2, 0) is 0 Å². The van der Waals surface area contributed by atoms with Gasteiger partial charge in [0.2, 0.25) is 5.95 Å². The Balaban J connectivity index is 1.74. The second-order valence-corrected chi connectivity index (χ2v) is 7.53. The molecular weight excluding hydrogens is 330 g/mol. The number of aromatic nitrogens is 2. The molecular formula is C19H27N5S. The largest absolute Gasteiger partial charge is 0.354 e. The highest BCUT2D eigenvalue weighted by Gasteiger charge is 2.26. The third-order valence-electron chi connectivity index (χ3n) is 4.18. The Kier molecular flexibility index (Phi) is 6.15. The van der Waals surface area contributed by atoms with Crippen molar-refractivity contribution in [3.63, 3.8) is 0 Å². The standard InChI is InChI=1S/C19H27N5S/c1-24(2)12-6-11-20-19-22-16(14-9-10-14)13-18(23-19)21-15-7-4-5-8-17(15)25-3/h4-5,7-8,13-14H,6,9-12H2,1-3H3,(H2,20,21,22,23). The van der Waals surface area contributed by atoms with Gasteiger partial charge in [-0.1, -0.05) is 12.1 Å². The average molecular weight is 358 g/mol. The van der Waals surface area contributed by atoms with Gasteiger partial charge in [0, 0.05) is 23.4 Å². The molecule has 0 bridgehead atoms. The minimum Gasteiger partial charge on any atom is -0.354 e. The Morgan fingerprint density at radius 1 is 1.20 bits per heavy atom. The lowest BCUT2D eigenvalue weighted by molar-refractivity contribution is 0.405. The summed E-state index contributed by atoms with van der Waals surface area (Å²) in [6.07, 6.45) is 5.63. The summed E-state index contributed by atoms with van der Waals surface area (Å²) in [5.74, 6) is 2.20. The maximum absolute atomic E-state index is 4.72. The average Bonchev–Trinajstić information content (AvgIpc) is 3.44. The molecule has 0 saturated heterocycles. The Morgan fingerprint density at radius 3 is 2.72 bits per heavy atom. The first-order valence-corrected chi connectivity index (χ1v) is 10.1. The number of thioether (sulfide) groups is 1. The SMILES string of the molecule is CSc1ccccc1Nc1cc(C2CC2)nc(NCCCN(C)C)n1. The number of anilines is 3. The molecule has 2 aromatic rings. The Bertz CT molecular complexity index is 700. The Hall–Kier alpha value is -1.79. The molecule has 0 radical (unpaired) electrons. The number of hydrogen-bond donors (Lipinski definition) is 2. The third-order valence-corrected chi connectivity index (χ3v) is 4.97. The zero-order chi connectivity index (χ0) is 17.6. The summed E-state index contributed by atoms with van der Waals surface area (Å²) in [5, 5.41) is 6.86. The van der Waals surface area contributed by atoms with E-state index in [1.54, 1.807) is 11.8 Å². The van der Waals surface area contributed by atoms with Gasteiger partial charge in [0.05, 0.1) is 11.4 Å². The summed E-state index contributed by atoms with van der Waals surface area (Å²) in [7, 11) is 4.19. The molecule has 0 atom stereocenters. The zero-order valence-corrected chi connectivity index (χ0v) is 16.1. The van der Waals surface area contributed by atoms with Crippen molar-refractivity contribution in [1.82, 2.24) is 14.9 Å². The highest BCUT2D eigenvalue weighted by Crippen LogP contribution is 2.40. The number of hydrogen-bond acceptors (Lipinski definition) is 6. The van der Waals surface area contributed by atoms with Gasteiger partial charge in [-0.25, -0.2) is 4.98 Å². The third kappa shape index (κ3) is 5.34. The molecule has 0 unspecified atom stereocenters. The van der Waals surface area contributed by atoms with Crippen LogP contribution in [0.4, 0.5) is 17.5 Å². The number of benzene rings is 1. The van der Waals surface area contributed by atoms with E-state index in [2.05, 4.69) is 65.1 Å². The second-order valence-electron chi connectivity index (χ2n) is 6.68. The molecule has 5 nitrogen and oxygen atoms in total. The van der Waals surface area contributed by atoms with Gasteiger partial charge in [-0.2, -0.15) is 4.98 Å². The second kappa shape index (κ2) is 8.54. The maximum Gasteiger partial charge on any atom is 0.224 e. The van der Waals surface area contributed by atoms with Crippen molar-refractivity contribution in [1.29, 1.82) is 0 Å². The lowest BCUT2D eigenvalue weighted by Crippen LogP contribution is -2.17. The van der Waals surface area contributed by atoms with E-state index in [0.717, 1.165) is 42.7 Å². The topological polar surface area (TPSA) is 53.1 Å². The number of nitrogens with zero attached hydrogens (tertiary/aromatic N) is 3. The van der Waals surface area contributed by atoms with Crippen molar-refractivity contribution < 1.29 is 0 Å². The van der Waals surface area contributed by atoms with Crippen LogP contribution in [0.3, 0.4) is 0 Å². The van der Waals surface area contributed by atoms with Crippen LogP contribution >= 0.6 is 11.8 Å². The molecule has 1 saturated carbocycles. The molecule has 0 amide bonds. The molecule has 2 N–H and O–H groups in total. The summed E-state index contributed by atoms with van der Waals surface area (Å²) in [5.41, 5.74) is 2.24. The number of rotatable bonds is 9. The van der Waals surface area contributed by atoms with E-state index in [1.807, 2.05) is 6.07 Å². The van der Waals surface area contributed by atoms with Crippen LogP contribution < -0.4 is 10.6 Å². The summed E-state index contributed by atoms with van der Waals surface area (Å²) in [6.45, 7) is 1.94. The monoisotopic (exact) mass is 357 g/mol. The summed E-state index contributed by atoms with van der Waals surface area (Å²) in [4.78, 5) is 12.8. The molecule has 0 spiro atoms. The van der Waals surface area contributed by atoms with E-state index in [4.69, 9.17) is 4.98 Å². The minimum absolute atomic E-state index is 0.599. The quantitative estimate of drug-likeness (QED) is 0.519. The van der Waals surface area contributed by atoms with Crippen LogP contribution in [0.25, 0.3) is 0 Å². The smallest absolute Gasteiger partial charge is 0.224 e. The Morgan fingerprint density at radius 2 is 2.00 bits per heavy atom. The normalized spacial score (nSPS) is 13.9. The highest BCUT2D eigenvalue weighted by atomic mass is 32.2. The van der Waals surface area contributed by atoms with E-state index in [1.165, 1.54) is 17.7 Å². The molecule has 1 fully saturated rings. The molecule has 0 aliphatic heterocycles. The lowest BCUT2D eigenvalue weighted by Gasteiger charge is -2.13. The van der Waals surface area contributed by atoms with Crippen molar-refractivity contribution in [3.8, 4) is 0 Å². The van der Waals surface area contributed by atoms with Crippen LogP contribution in [0, 0.1) is 0 Å². The fourth-order valence-corrected chi connectivity index (χ4v) is 3.23. The zero-order valence-electron chi connectivity index (χ0n) is 15.2. The van der Waals surface area contributed by atoms with Gasteiger partial charge in [0.1, 0.15) is 5.82 Å². The molecule has 1 heterocycles. The molecule has 1 aliphatic carbocycles. The number of para-hydroxylation sites is 1. The number of nitrogens with one attached hydrogen (secondary N) is 2. The van der Waals surface area contributed by atoms with Crippen LogP contribution in [0.2, 0.25) is 0 Å². The van der Waals surface area contributed by atoms with Crippen molar-refractivity contribution in [2.75, 3.05) is 44.1 Å². The lowest BCUT2D eigenvalue weighted by atomic mass is 10.2. The van der Waals surface area contributed by atoms with Gasteiger partial charge in [0.25, 0.3) is 0 Å². The summed E-state index contributed by atoms with van der Waals surface area (Å²) in [6, 6.07) is 10.4. The van der Waals surface area contributed by atoms with Crippen molar-refractivity contribution in [3.05, 3.63) is 36.0 Å². The first-order valence-electron chi connectivity index (χ1n) is 8.83. The van der Waals surface area contributed by atoms with Gasteiger partial charge >= 0.3 is 0 Å². The molecule has 1 aliphatic rings.